The van der Waals surface area contributed by atoms with E-state index in [0.717, 1.165) is 6.42 Å². The second-order valence-corrected chi connectivity index (χ2v) is 6.69. The van der Waals surface area contributed by atoms with Crippen LogP contribution in [0.2, 0.25) is 10.0 Å². The number of aliphatic hydroxyl groups is 1. The first-order chi connectivity index (χ1) is 8.95. The summed E-state index contributed by atoms with van der Waals surface area (Å²) >= 11 is 14.1. The first kappa shape index (κ1) is 15.4. The van der Waals surface area contributed by atoms with Gasteiger partial charge in [-0.15, -0.1) is 0 Å². The molecule has 0 saturated carbocycles. The van der Waals surface area contributed by atoms with Gasteiger partial charge in [-0.25, -0.2) is 0 Å². The minimum atomic E-state index is -0.124. The standard InChI is InChI=1S/C13H14Cl2INO2/c1-7-2-3-17(11(7)6-18)13(19)9-4-8(14)5-10(15)12(9)16/h4-5,7,11,18H,2-3,6H2,1H3. The highest BCUT2D eigenvalue weighted by Gasteiger charge is 2.35. The zero-order valence-corrected chi connectivity index (χ0v) is 14.0. The molecule has 1 heterocycles. The number of nitrogens with zero attached hydrogens (tertiary/aromatic N) is 1. The smallest absolute Gasteiger partial charge is 0.255 e. The van der Waals surface area contributed by atoms with Crippen LogP contribution in [0.5, 0.6) is 0 Å². The van der Waals surface area contributed by atoms with Crippen LogP contribution in [-0.4, -0.2) is 35.1 Å². The van der Waals surface area contributed by atoms with Crippen LogP contribution in [0.25, 0.3) is 0 Å². The third-order valence-corrected chi connectivity index (χ3v) is 5.55. The van der Waals surface area contributed by atoms with E-state index in [1.165, 1.54) is 0 Å². The number of carbonyl (C=O) groups excluding carboxylic acids is 1. The SMILES string of the molecule is CC1CCN(C(=O)c2cc(Cl)cc(Cl)c2I)C1CO. The zero-order chi connectivity index (χ0) is 14.2. The molecule has 1 aliphatic heterocycles. The molecule has 1 amide bonds. The van der Waals surface area contributed by atoms with E-state index >= 15 is 0 Å². The molecule has 104 valence electrons. The van der Waals surface area contributed by atoms with E-state index in [-0.39, 0.29) is 18.6 Å². The molecule has 0 radical (unpaired) electrons. The van der Waals surface area contributed by atoms with Gasteiger partial charge in [0.2, 0.25) is 0 Å². The number of aliphatic hydroxyl groups excluding tert-OH is 1. The maximum atomic E-state index is 12.6. The van der Waals surface area contributed by atoms with Gasteiger partial charge in [-0.2, -0.15) is 0 Å². The van der Waals surface area contributed by atoms with Crippen molar-refractivity contribution in [2.75, 3.05) is 13.2 Å². The van der Waals surface area contributed by atoms with Crippen LogP contribution >= 0.6 is 45.8 Å². The van der Waals surface area contributed by atoms with Gasteiger partial charge in [0.05, 0.1) is 23.2 Å². The summed E-state index contributed by atoms with van der Waals surface area (Å²) in [6, 6.07) is 3.13. The van der Waals surface area contributed by atoms with Crippen molar-refractivity contribution >= 4 is 51.7 Å². The molecule has 3 nitrogen and oxygen atoms in total. The summed E-state index contributed by atoms with van der Waals surface area (Å²) in [6.45, 7) is 2.69. The Kier molecular flexibility index (Phi) is 4.98. The summed E-state index contributed by atoms with van der Waals surface area (Å²) < 4.78 is 0.699. The van der Waals surface area contributed by atoms with Crippen molar-refractivity contribution in [3.05, 3.63) is 31.3 Å². The average molecular weight is 414 g/mol. The fourth-order valence-corrected chi connectivity index (χ4v) is 3.44. The Morgan fingerprint density at radius 2 is 2.21 bits per heavy atom. The fourth-order valence-electron chi connectivity index (χ4n) is 2.41. The predicted octanol–water partition coefficient (Wildman–Crippen LogP) is 3.44. The van der Waals surface area contributed by atoms with Crippen LogP contribution in [0.3, 0.4) is 0 Å². The van der Waals surface area contributed by atoms with Gasteiger partial charge in [-0.05, 0) is 47.1 Å². The van der Waals surface area contributed by atoms with Crippen molar-refractivity contribution in [1.29, 1.82) is 0 Å². The summed E-state index contributed by atoms with van der Waals surface area (Å²) in [4.78, 5) is 14.3. The largest absolute Gasteiger partial charge is 0.394 e. The summed E-state index contributed by atoms with van der Waals surface area (Å²) in [7, 11) is 0. The fraction of sp³-hybridized carbons (Fsp3) is 0.462. The van der Waals surface area contributed by atoms with Crippen LogP contribution < -0.4 is 0 Å². The number of carbonyl (C=O) groups is 1. The number of hydrogen-bond donors (Lipinski definition) is 1. The van der Waals surface area contributed by atoms with Gasteiger partial charge in [-0.1, -0.05) is 30.1 Å². The molecule has 2 rings (SSSR count). The van der Waals surface area contributed by atoms with E-state index in [9.17, 15) is 9.90 Å². The first-order valence-corrected chi connectivity index (χ1v) is 7.85. The minimum Gasteiger partial charge on any atom is -0.394 e. The second kappa shape index (κ2) is 6.16. The number of benzene rings is 1. The Hall–Kier alpha value is -0.0400. The molecular formula is C13H14Cl2INO2. The van der Waals surface area contributed by atoms with Gasteiger partial charge in [0.25, 0.3) is 5.91 Å². The van der Waals surface area contributed by atoms with Crippen molar-refractivity contribution in [3.63, 3.8) is 0 Å². The number of amides is 1. The van der Waals surface area contributed by atoms with E-state index in [2.05, 4.69) is 0 Å². The van der Waals surface area contributed by atoms with Crippen LogP contribution in [0.4, 0.5) is 0 Å². The molecule has 0 bridgehead atoms. The molecule has 1 aromatic rings. The highest BCUT2D eigenvalue weighted by Crippen LogP contribution is 2.31. The third-order valence-electron chi connectivity index (χ3n) is 3.55. The molecule has 1 aliphatic rings. The maximum absolute atomic E-state index is 12.6. The maximum Gasteiger partial charge on any atom is 0.255 e. The molecule has 1 fully saturated rings. The molecule has 0 aromatic heterocycles. The molecule has 0 aliphatic carbocycles. The molecule has 6 heteroatoms. The summed E-state index contributed by atoms with van der Waals surface area (Å²) in [5.41, 5.74) is 0.505. The van der Waals surface area contributed by atoms with Crippen molar-refractivity contribution < 1.29 is 9.90 Å². The number of likely N-dealkylation sites (tertiary alicyclic amines) is 1. The average Bonchev–Trinajstić information content (AvgIpc) is 2.74. The lowest BCUT2D eigenvalue weighted by Crippen LogP contribution is -2.40. The Morgan fingerprint density at radius 3 is 2.84 bits per heavy atom. The lowest BCUT2D eigenvalue weighted by atomic mass is 10.0. The van der Waals surface area contributed by atoms with Crippen LogP contribution in [-0.2, 0) is 0 Å². The summed E-state index contributed by atoms with van der Waals surface area (Å²) in [5, 5.41) is 10.4. The van der Waals surface area contributed by atoms with Gasteiger partial charge >= 0.3 is 0 Å². The molecule has 2 unspecified atom stereocenters. The van der Waals surface area contributed by atoms with Gasteiger partial charge in [-0.3, -0.25) is 4.79 Å². The quantitative estimate of drug-likeness (QED) is 0.595. The summed E-state index contributed by atoms with van der Waals surface area (Å²) in [5.74, 6) is 0.193. The Morgan fingerprint density at radius 1 is 1.53 bits per heavy atom. The predicted molar refractivity (Wildman–Crippen MR) is 84.9 cm³/mol. The van der Waals surface area contributed by atoms with Gasteiger partial charge < -0.3 is 10.0 Å². The van der Waals surface area contributed by atoms with Crippen molar-refractivity contribution in [2.24, 2.45) is 5.92 Å². The van der Waals surface area contributed by atoms with Gasteiger partial charge in [0, 0.05) is 15.1 Å². The Labute approximate surface area is 136 Å². The lowest BCUT2D eigenvalue weighted by molar-refractivity contribution is 0.0647. The molecule has 2 atom stereocenters. The molecule has 1 saturated heterocycles. The minimum absolute atomic E-state index is 0.0161. The lowest BCUT2D eigenvalue weighted by Gasteiger charge is -2.26. The molecule has 19 heavy (non-hydrogen) atoms. The summed E-state index contributed by atoms with van der Waals surface area (Å²) in [6.07, 6.45) is 0.905. The third kappa shape index (κ3) is 3.01. The zero-order valence-electron chi connectivity index (χ0n) is 10.4. The molecular weight excluding hydrogens is 400 g/mol. The van der Waals surface area contributed by atoms with Gasteiger partial charge in [0.15, 0.2) is 0 Å². The monoisotopic (exact) mass is 413 g/mol. The van der Waals surface area contributed by atoms with E-state index in [0.29, 0.717) is 31.6 Å². The van der Waals surface area contributed by atoms with E-state index in [4.69, 9.17) is 23.2 Å². The first-order valence-electron chi connectivity index (χ1n) is 6.02. The topological polar surface area (TPSA) is 40.5 Å². The highest BCUT2D eigenvalue weighted by atomic mass is 127. The number of hydrogen-bond acceptors (Lipinski definition) is 2. The van der Waals surface area contributed by atoms with Crippen molar-refractivity contribution in [2.45, 2.75) is 19.4 Å². The van der Waals surface area contributed by atoms with E-state index in [1.54, 1.807) is 17.0 Å². The van der Waals surface area contributed by atoms with Crippen molar-refractivity contribution in [1.82, 2.24) is 4.90 Å². The Bertz CT molecular complexity index is 510. The second-order valence-electron chi connectivity index (χ2n) is 4.76. The molecule has 1 N–H and O–H groups in total. The number of halogens is 3. The van der Waals surface area contributed by atoms with Crippen LogP contribution in [0, 0.1) is 9.49 Å². The van der Waals surface area contributed by atoms with Crippen LogP contribution in [0.1, 0.15) is 23.7 Å². The van der Waals surface area contributed by atoms with Gasteiger partial charge in [0.1, 0.15) is 0 Å². The van der Waals surface area contributed by atoms with E-state index in [1.807, 2.05) is 29.5 Å². The number of rotatable bonds is 2. The van der Waals surface area contributed by atoms with E-state index < -0.39 is 0 Å². The van der Waals surface area contributed by atoms with Crippen LogP contribution in [0.15, 0.2) is 12.1 Å². The highest BCUT2D eigenvalue weighted by molar-refractivity contribution is 14.1. The normalized spacial score (nSPS) is 22.9. The Balaban J connectivity index is 2.35. The molecule has 1 aromatic carbocycles. The molecule has 0 spiro atoms. The van der Waals surface area contributed by atoms with Crippen molar-refractivity contribution in [3.8, 4) is 0 Å².